The van der Waals surface area contributed by atoms with Crippen LogP contribution in [0.25, 0.3) is 0 Å². The maximum Gasteiger partial charge on any atom is 0.243 e. The zero-order valence-electron chi connectivity index (χ0n) is 7.64. The smallest absolute Gasteiger partial charge is 0.243 e. The number of rotatable bonds is 4. The fraction of sp³-hybridized carbons (Fsp3) is 0.889. The second-order valence-electron chi connectivity index (χ2n) is 3.31. The predicted molar refractivity (Wildman–Crippen MR) is 46.3 cm³/mol. The van der Waals surface area contributed by atoms with E-state index < -0.39 is 0 Å². The van der Waals surface area contributed by atoms with Crippen molar-refractivity contribution < 1.29 is 9.63 Å². The first-order valence-corrected chi connectivity index (χ1v) is 4.73. The maximum absolute atomic E-state index is 11.1. The van der Waals surface area contributed by atoms with Gasteiger partial charge >= 0.3 is 0 Å². The summed E-state index contributed by atoms with van der Waals surface area (Å²) < 4.78 is 0. The molecule has 1 aliphatic rings. The Kier molecular flexibility index (Phi) is 4.08. The van der Waals surface area contributed by atoms with Crippen molar-refractivity contribution in [1.82, 2.24) is 5.48 Å². The SMILES string of the molecule is CCONC(=O)CC1CCCC1. The summed E-state index contributed by atoms with van der Waals surface area (Å²) in [6.07, 6.45) is 5.62. The Morgan fingerprint density at radius 2 is 2.17 bits per heavy atom. The molecule has 1 saturated carbocycles. The summed E-state index contributed by atoms with van der Waals surface area (Å²) in [7, 11) is 0. The van der Waals surface area contributed by atoms with Crippen LogP contribution < -0.4 is 5.48 Å². The van der Waals surface area contributed by atoms with Crippen LogP contribution in [-0.2, 0) is 9.63 Å². The Morgan fingerprint density at radius 3 is 2.75 bits per heavy atom. The molecule has 0 aliphatic heterocycles. The van der Waals surface area contributed by atoms with Crippen molar-refractivity contribution in [3.05, 3.63) is 0 Å². The van der Waals surface area contributed by atoms with Crippen LogP contribution in [-0.4, -0.2) is 12.5 Å². The van der Waals surface area contributed by atoms with Gasteiger partial charge in [0.05, 0.1) is 6.61 Å². The monoisotopic (exact) mass is 171 g/mol. The summed E-state index contributed by atoms with van der Waals surface area (Å²) in [5, 5.41) is 0. The zero-order valence-corrected chi connectivity index (χ0v) is 7.64. The number of hydroxylamine groups is 1. The van der Waals surface area contributed by atoms with E-state index >= 15 is 0 Å². The average Bonchev–Trinajstić information content (AvgIpc) is 2.53. The molecule has 1 amide bonds. The van der Waals surface area contributed by atoms with Crippen LogP contribution in [0.5, 0.6) is 0 Å². The molecular formula is C9H17NO2. The zero-order chi connectivity index (χ0) is 8.81. The van der Waals surface area contributed by atoms with Gasteiger partial charge in [-0.15, -0.1) is 0 Å². The van der Waals surface area contributed by atoms with Crippen LogP contribution >= 0.6 is 0 Å². The van der Waals surface area contributed by atoms with E-state index in [2.05, 4.69) is 5.48 Å². The summed E-state index contributed by atoms with van der Waals surface area (Å²) in [5.41, 5.74) is 2.42. The molecule has 0 aromatic heterocycles. The van der Waals surface area contributed by atoms with Gasteiger partial charge in [0.15, 0.2) is 0 Å². The van der Waals surface area contributed by atoms with Crippen molar-refractivity contribution in [3.63, 3.8) is 0 Å². The molecule has 0 heterocycles. The largest absolute Gasteiger partial charge is 0.274 e. The highest BCUT2D eigenvalue weighted by Crippen LogP contribution is 2.27. The summed E-state index contributed by atoms with van der Waals surface area (Å²) in [6.45, 7) is 2.40. The molecule has 1 fully saturated rings. The van der Waals surface area contributed by atoms with Crippen molar-refractivity contribution in [1.29, 1.82) is 0 Å². The van der Waals surface area contributed by atoms with E-state index in [1.807, 2.05) is 6.92 Å². The molecule has 12 heavy (non-hydrogen) atoms. The molecule has 1 N–H and O–H groups in total. The average molecular weight is 171 g/mol. The number of hydrogen-bond donors (Lipinski definition) is 1. The van der Waals surface area contributed by atoms with Gasteiger partial charge in [0.2, 0.25) is 5.91 Å². The fourth-order valence-corrected chi connectivity index (χ4v) is 1.67. The topological polar surface area (TPSA) is 38.3 Å². The first kappa shape index (κ1) is 9.52. The van der Waals surface area contributed by atoms with Crippen LogP contribution in [0.1, 0.15) is 39.0 Å². The minimum Gasteiger partial charge on any atom is -0.274 e. The molecule has 0 radical (unpaired) electrons. The van der Waals surface area contributed by atoms with Gasteiger partial charge in [-0.3, -0.25) is 9.63 Å². The number of carbonyl (C=O) groups is 1. The highest BCUT2D eigenvalue weighted by atomic mass is 16.6. The van der Waals surface area contributed by atoms with E-state index in [1.54, 1.807) is 0 Å². The Labute approximate surface area is 73.4 Å². The van der Waals surface area contributed by atoms with Crippen LogP contribution in [0, 0.1) is 5.92 Å². The van der Waals surface area contributed by atoms with E-state index in [1.165, 1.54) is 25.7 Å². The van der Waals surface area contributed by atoms with E-state index in [4.69, 9.17) is 4.84 Å². The van der Waals surface area contributed by atoms with E-state index in [0.717, 1.165) is 0 Å². The third-order valence-electron chi connectivity index (χ3n) is 2.28. The molecular weight excluding hydrogens is 154 g/mol. The van der Waals surface area contributed by atoms with Gasteiger partial charge in [-0.1, -0.05) is 12.8 Å². The Balaban J connectivity index is 2.08. The fourth-order valence-electron chi connectivity index (χ4n) is 1.67. The first-order chi connectivity index (χ1) is 5.83. The van der Waals surface area contributed by atoms with Crippen molar-refractivity contribution in [2.75, 3.05) is 6.61 Å². The summed E-state index contributed by atoms with van der Waals surface area (Å²) in [5.74, 6) is 0.634. The second kappa shape index (κ2) is 5.14. The summed E-state index contributed by atoms with van der Waals surface area (Å²) in [6, 6.07) is 0. The van der Waals surface area contributed by atoms with Crippen molar-refractivity contribution >= 4 is 5.91 Å². The molecule has 3 heteroatoms. The lowest BCUT2D eigenvalue weighted by molar-refractivity contribution is -0.134. The van der Waals surface area contributed by atoms with Gasteiger partial charge in [0.1, 0.15) is 0 Å². The molecule has 0 unspecified atom stereocenters. The van der Waals surface area contributed by atoms with Crippen LogP contribution in [0.4, 0.5) is 0 Å². The third-order valence-corrected chi connectivity index (χ3v) is 2.28. The van der Waals surface area contributed by atoms with Crippen LogP contribution in [0.15, 0.2) is 0 Å². The lowest BCUT2D eigenvalue weighted by atomic mass is 10.0. The standard InChI is InChI=1S/C9H17NO2/c1-2-12-10-9(11)7-8-5-3-4-6-8/h8H,2-7H2,1H3,(H,10,11). The molecule has 0 aromatic rings. The summed E-state index contributed by atoms with van der Waals surface area (Å²) in [4.78, 5) is 15.9. The Morgan fingerprint density at radius 1 is 1.50 bits per heavy atom. The highest BCUT2D eigenvalue weighted by Gasteiger charge is 2.17. The molecule has 0 bridgehead atoms. The molecule has 0 spiro atoms. The van der Waals surface area contributed by atoms with E-state index in [-0.39, 0.29) is 5.91 Å². The normalized spacial score (nSPS) is 18.1. The lowest BCUT2D eigenvalue weighted by Crippen LogP contribution is -2.25. The van der Waals surface area contributed by atoms with E-state index in [9.17, 15) is 4.79 Å². The quantitative estimate of drug-likeness (QED) is 0.653. The van der Waals surface area contributed by atoms with Gasteiger partial charge in [-0.2, -0.15) is 0 Å². The molecule has 0 saturated heterocycles. The van der Waals surface area contributed by atoms with Crippen molar-refractivity contribution in [2.24, 2.45) is 5.92 Å². The molecule has 0 aromatic carbocycles. The third kappa shape index (κ3) is 3.22. The van der Waals surface area contributed by atoms with Gasteiger partial charge in [-0.25, -0.2) is 5.48 Å². The Hall–Kier alpha value is -0.570. The lowest BCUT2D eigenvalue weighted by Gasteiger charge is -2.08. The molecule has 1 aliphatic carbocycles. The van der Waals surface area contributed by atoms with Crippen molar-refractivity contribution in [2.45, 2.75) is 39.0 Å². The first-order valence-electron chi connectivity index (χ1n) is 4.73. The highest BCUT2D eigenvalue weighted by molar-refractivity contribution is 5.75. The second-order valence-corrected chi connectivity index (χ2v) is 3.31. The number of hydrogen-bond acceptors (Lipinski definition) is 2. The number of amides is 1. The minimum absolute atomic E-state index is 0.0313. The van der Waals surface area contributed by atoms with Crippen molar-refractivity contribution in [3.8, 4) is 0 Å². The number of nitrogens with one attached hydrogen (secondary N) is 1. The van der Waals surface area contributed by atoms with E-state index in [0.29, 0.717) is 18.9 Å². The molecule has 0 atom stereocenters. The van der Waals surface area contributed by atoms with Gasteiger partial charge < -0.3 is 0 Å². The predicted octanol–water partition coefficient (Wildman–Crippen LogP) is 1.63. The number of carbonyl (C=O) groups excluding carboxylic acids is 1. The maximum atomic E-state index is 11.1. The molecule has 70 valence electrons. The molecule has 3 nitrogen and oxygen atoms in total. The minimum atomic E-state index is 0.0313. The van der Waals surface area contributed by atoms with Gasteiger partial charge in [0.25, 0.3) is 0 Å². The molecule has 1 rings (SSSR count). The Bertz CT molecular complexity index is 141. The van der Waals surface area contributed by atoms with Gasteiger partial charge in [-0.05, 0) is 25.7 Å². The van der Waals surface area contributed by atoms with Gasteiger partial charge in [0, 0.05) is 6.42 Å². The van der Waals surface area contributed by atoms with Crippen LogP contribution in [0.3, 0.4) is 0 Å². The summed E-state index contributed by atoms with van der Waals surface area (Å²) >= 11 is 0. The van der Waals surface area contributed by atoms with Crippen LogP contribution in [0.2, 0.25) is 0 Å².